The Morgan fingerprint density at radius 2 is 2.18 bits per heavy atom. The number of H-pyrrole nitrogens is 1. The second kappa shape index (κ2) is 4.73. The van der Waals surface area contributed by atoms with Crippen LogP contribution >= 0.6 is 0 Å². The largest absolute Gasteiger partial charge is 0.497 e. The summed E-state index contributed by atoms with van der Waals surface area (Å²) in [6.07, 6.45) is 4.19. The first-order valence-electron chi connectivity index (χ1n) is 7.43. The summed E-state index contributed by atoms with van der Waals surface area (Å²) in [6.45, 7) is 2.01. The predicted octanol–water partition coefficient (Wildman–Crippen LogP) is 2.76. The van der Waals surface area contributed by atoms with E-state index < -0.39 is 0 Å². The van der Waals surface area contributed by atoms with Gasteiger partial charge in [0.2, 0.25) is 0 Å². The molecule has 0 spiro atoms. The van der Waals surface area contributed by atoms with Crippen LogP contribution in [0, 0.1) is 12.8 Å². The fraction of sp³-hybridized carbons (Fsp3) is 0.294. The van der Waals surface area contributed by atoms with Crippen molar-refractivity contribution in [2.75, 3.05) is 7.11 Å². The molecule has 1 aromatic carbocycles. The van der Waals surface area contributed by atoms with Crippen molar-refractivity contribution in [2.24, 2.45) is 11.0 Å². The molecule has 0 radical (unpaired) electrons. The van der Waals surface area contributed by atoms with E-state index in [0.717, 1.165) is 46.5 Å². The maximum Gasteiger partial charge on any atom is 0.273 e. The van der Waals surface area contributed by atoms with Crippen LogP contribution in [0.25, 0.3) is 17.0 Å². The fourth-order valence-electron chi connectivity index (χ4n) is 2.94. The smallest absolute Gasteiger partial charge is 0.273 e. The molecule has 22 heavy (non-hydrogen) atoms. The van der Waals surface area contributed by atoms with Crippen molar-refractivity contribution in [1.82, 2.24) is 10.4 Å². The number of aryl methyl sites for hydroxylation is 1. The van der Waals surface area contributed by atoms with Crippen LogP contribution < -0.4 is 10.2 Å². The number of carbonyl (C=O) groups excluding carboxylic acids is 1. The molecule has 2 aliphatic rings. The van der Waals surface area contributed by atoms with Crippen molar-refractivity contribution >= 4 is 28.6 Å². The quantitative estimate of drug-likeness (QED) is 0.855. The average molecular weight is 295 g/mol. The second-order valence-electron chi connectivity index (χ2n) is 5.85. The zero-order valence-corrected chi connectivity index (χ0v) is 12.6. The van der Waals surface area contributed by atoms with Crippen LogP contribution in [0.5, 0.6) is 5.75 Å². The average Bonchev–Trinajstić information content (AvgIpc) is 3.23. The Bertz CT molecular complexity index is 841. The fourth-order valence-corrected chi connectivity index (χ4v) is 2.94. The maximum atomic E-state index is 12.1. The molecule has 0 bridgehead atoms. The van der Waals surface area contributed by atoms with E-state index >= 15 is 0 Å². The highest BCUT2D eigenvalue weighted by atomic mass is 16.5. The van der Waals surface area contributed by atoms with Gasteiger partial charge in [-0.3, -0.25) is 4.79 Å². The number of aromatic nitrogens is 1. The molecule has 1 aliphatic heterocycles. The van der Waals surface area contributed by atoms with Crippen LogP contribution in [0.15, 0.2) is 28.9 Å². The van der Waals surface area contributed by atoms with Gasteiger partial charge in [-0.05, 0) is 44.0 Å². The number of rotatable bonds is 3. The number of aromatic amines is 1. The molecule has 5 heteroatoms. The normalized spacial score (nSPS) is 19.6. The zero-order valence-electron chi connectivity index (χ0n) is 12.6. The Labute approximate surface area is 128 Å². The Kier molecular flexibility index (Phi) is 2.82. The van der Waals surface area contributed by atoms with E-state index in [4.69, 9.17) is 4.74 Å². The molecule has 1 aliphatic carbocycles. The van der Waals surface area contributed by atoms with E-state index in [0.29, 0.717) is 11.5 Å². The van der Waals surface area contributed by atoms with Gasteiger partial charge in [0.05, 0.1) is 18.4 Å². The molecule has 1 aromatic heterocycles. The van der Waals surface area contributed by atoms with E-state index in [1.807, 2.05) is 31.2 Å². The van der Waals surface area contributed by atoms with E-state index in [-0.39, 0.29) is 5.91 Å². The van der Waals surface area contributed by atoms with Crippen LogP contribution in [0.1, 0.15) is 24.1 Å². The predicted molar refractivity (Wildman–Crippen MR) is 85.9 cm³/mol. The molecule has 2 heterocycles. The number of fused-ring (bicyclic) bond motifs is 1. The van der Waals surface area contributed by atoms with Gasteiger partial charge in [-0.25, -0.2) is 5.43 Å². The van der Waals surface area contributed by atoms with Crippen LogP contribution in [0.2, 0.25) is 0 Å². The molecule has 1 saturated carbocycles. The zero-order chi connectivity index (χ0) is 15.3. The molecule has 1 amide bonds. The highest BCUT2D eigenvalue weighted by molar-refractivity contribution is 6.29. The Hall–Kier alpha value is -2.56. The first-order chi connectivity index (χ1) is 10.7. The first kappa shape index (κ1) is 13.1. The van der Waals surface area contributed by atoms with Crippen molar-refractivity contribution in [1.29, 1.82) is 0 Å². The summed E-state index contributed by atoms with van der Waals surface area (Å²) in [7, 11) is 1.65. The molecule has 1 fully saturated rings. The van der Waals surface area contributed by atoms with Gasteiger partial charge in [-0.2, -0.15) is 5.10 Å². The number of nitrogens with one attached hydrogen (secondary N) is 2. The number of ether oxygens (including phenoxy) is 1. The standard InChI is InChI=1S/C17H17N3O2/c1-9-12(13-7-11(22-2)5-6-15(13)18-9)8-14-16(10-3-4-10)19-20-17(14)21/h5-8,10,18H,3-4H2,1-2H3,(H,20,21). The van der Waals surface area contributed by atoms with Gasteiger partial charge >= 0.3 is 0 Å². The maximum absolute atomic E-state index is 12.1. The van der Waals surface area contributed by atoms with Crippen molar-refractivity contribution in [3.8, 4) is 5.75 Å². The minimum atomic E-state index is -0.112. The summed E-state index contributed by atoms with van der Waals surface area (Å²) in [6, 6.07) is 5.91. The van der Waals surface area contributed by atoms with E-state index in [2.05, 4.69) is 15.5 Å². The minimum absolute atomic E-state index is 0.112. The van der Waals surface area contributed by atoms with E-state index in [1.165, 1.54) is 0 Å². The molecule has 0 saturated heterocycles. The first-order valence-corrected chi connectivity index (χ1v) is 7.43. The molecule has 0 atom stereocenters. The molecule has 0 unspecified atom stereocenters. The van der Waals surface area contributed by atoms with Crippen molar-refractivity contribution < 1.29 is 9.53 Å². The molecular formula is C17H17N3O2. The SMILES string of the molecule is COc1ccc2[nH]c(C)c(C=C3C(=O)NN=C3C3CC3)c2c1. The Morgan fingerprint density at radius 3 is 2.91 bits per heavy atom. The summed E-state index contributed by atoms with van der Waals surface area (Å²) in [5, 5.41) is 5.25. The number of hydrogen-bond acceptors (Lipinski definition) is 3. The van der Waals surface area contributed by atoms with Gasteiger partial charge in [-0.1, -0.05) is 0 Å². The van der Waals surface area contributed by atoms with Crippen LogP contribution in [0.3, 0.4) is 0 Å². The van der Waals surface area contributed by atoms with E-state index in [9.17, 15) is 4.79 Å². The Morgan fingerprint density at radius 1 is 1.36 bits per heavy atom. The lowest BCUT2D eigenvalue weighted by molar-refractivity contribution is -0.116. The van der Waals surface area contributed by atoms with Gasteiger partial charge in [0, 0.05) is 28.1 Å². The monoisotopic (exact) mass is 295 g/mol. The van der Waals surface area contributed by atoms with Gasteiger partial charge in [0.1, 0.15) is 5.75 Å². The van der Waals surface area contributed by atoms with Crippen molar-refractivity contribution in [3.05, 3.63) is 35.0 Å². The molecule has 112 valence electrons. The van der Waals surface area contributed by atoms with E-state index in [1.54, 1.807) is 7.11 Å². The number of amides is 1. The lowest BCUT2D eigenvalue weighted by Gasteiger charge is -2.02. The highest BCUT2D eigenvalue weighted by Crippen LogP contribution is 2.36. The number of hydrazone groups is 1. The van der Waals surface area contributed by atoms with Crippen LogP contribution in [-0.4, -0.2) is 23.7 Å². The van der Waals surface area contributed by atoms with Gasteiger partial charge in [0.25, 0.3) is 5.91 Å². The summed E-state index contributed by atoms with van der Waals surface area (Å²) < 4.78 is 5.31. The molecule has 2 N–H and O–H groups in total. The molecule has 2 aromatic rings. The lowest BCUT2D eigenvalue weighted by Crippen LogP contribution is -2.13. The third-order valence-electron chi connectivity index (χ3n) is 4.29. The Balaban J connectivity index is 1.86. The van der Waals surface area contributed by atoms with Crippen molar-refractivity contribution in [3.63, 3.8) is 0 Å². The highest BCUT2D eigenvalue weighted by Gasteiger charge is 2.36. The summed E-state index contributed by atoms with van der Waals surface area (Å²) in [5.74, 6) is 1.13. The van der Waals surface area contributed by atoms with Gasteiger partial charge in [0.15, 0.2) is 0 Å². The number of carbonyl (C=O) groups is 1. The minimum Gasteiger partial charge on any atom is -0.497 e. The van der Waals surface area contributed by atoms with Crippen LogP contribution in [0.4, 0.5) is 0 Å². The molecule has 5 nitrogen and oxygen atoms in total. The third-order valence-corrected chi connectivity index (χ3v) is 4.29. The van der Waals surface area contributed by atoms with Gasteiger partial charge in [-0.15, -0.1) is 0 Å². The lowest BCUT2D eigenvalue weighted by atomic mass is 10.0. The number of hydrogen-bond donors (Lipinski definition) is 2. The summed E-state index contributed by atoms with van der Waals surface area (Å²) in [4.78, 5) is 15.4. The van der Waals surface area contributed by atoms with Crippen LogP contribution in [-0.2, 0) is 4.79 Å². The topological polar surface area (TPSA) is 66.5 Å². The number of benzene rings is 1. The van der Waals surface area contributed by atoms with Gasteiger partial charge < -0.3 is 9.72 Å². The molecular weight excluding hydrogens is 278 g/mol. The summed E-state index contributed by atoms with van der Waals surface area (Å²) >= 11 is 0. The molecule has 4 rings (SSSR count). The number of methoxy groups -OCH3 is 1. The van der Waals surface area contributed by atoms with Crippen molar-refractivity contribution in [2.45, 2.75) is 19.8 Å². The summed E-state index contributed by atoms with van der Waals surface area (Å²) in [5.41, 5.74) is 7.27. The second-order valence-corrected chi connectivity index (χ2v) is 5.85. The number of nitrogens with zero attached hydrogens (tertiary/aromatic N) is 1. The third kappa shape index (κ3) is 2.01.